The lowest BCUT2D eigenvalue weighted by Crippen LogP contribution is -2.40. The van der Waals surface area contributed by atoms with Crippen molar-refractivity contribution in [3.05, 3.63) is 0 Å². The van der Waals surface area contributed by atoms with Gasteiger partial charge in [0.2, 0.25) is 17.8 Å². The third kappa shape index (κ3) is 3.01. The molecule has 8 heteroatoms. The van der Waals surface area contributed by atoms with Crippen LogP contribution in [0, 0.1) is 5.92 Å². The summed E-state index contributed by atoms with van der Waals surface area (Å²) in [5.41, 5.74) is 5.61. The fraction of sp³-hybridized carbons (Fsp3) is 0.636. The number of nitrogens with zero attached hydrogens (tertiary/aromatic N) is 4. The van der Waals surface area contributed by atoms with Crippen molar-refractivity contribution >= 4 is 17.8 Å². The van der Waals surface area contributed by atoms with Crippen LogP contribution in [0.3, 0.4) is 0 Å². The molecule has 0 aromatic carbocycles. The second kappa shape index (κ2) is 5.68. The van der Waals surface area contributed by atoms with Gasteiger partial charge in [0.15, 0.2) is 0 Å². The number of hydrogen-bond acceptors (Lipinski definition) is 7. The minimum atomic E-state index is 0.0577. The predicted molar refractivity (Wildman–Crippen MR) is 69.8 cm³/mol. The van der Waals surface area contributed by atoms with E-state index in [1.54, 1.807) is 7.05 Å². The number of amides is 1. The van der Waals surface area contributed by atoms with Gasteiger partial charge in [0, 0.05) is 26.1 Å². The van der Waals surface area contributed by atoms with Gasteiger partial charge in [-0.1, -0.05) is 0 Å². The Morgan fingerprint density at radius 3 is 2.63 bits per heavy atom. The Morgan fingerprint density at radius 2 is 2.05 bits per heavy atom. The first-order chi connectivity index (χ1) is 9.13. The molecule has 1 aromatic rings. The second-order valence-electron chi connectivity index (χ2n) is 4.36. The van der Waals surface area contributed by atoms with E-state index < -0.39 is 0 Å². The molecule has 1 fully saturated rings. The summed E-state index contributed by atoms with van der Waals surface area (Å²) in [6.07, 6.45) is 1.54. The smallest absolute Gasteiger partial charge is 0.322 e. The zero-order valence-corrected chi connectivity index (χ0v) is 11.1. The van der Waals surface area contributed by atoms with Crippen LogP contribution in [-0.4, -0.2) is 48.1 Å². The summed E-state index contributed by atoms with van der Waals surface area (Å²) >= 11 is 0. The highest BCUT2D eigenvalue weighted by Crippen LogP contribution is 2.22. The molecule has 0 unspecified atom stereocenters. The minimum absolute atomic E-state index is 0.0577. The lowest BCUT2D eigenvalue weighted by molar-refractivity contribution is -0.125. The molecule has 1 amide bonds. The van der Waals surface area contributed by atoms with Crippen LogP contribution in [0.1, 0.15) is 12.8 Å². The molecular formula is C11H18N6O2. The molecule has 0 atom stereocenters. The molecule has 19 heavy (non-hydrogen) atoms. The maximum absolute atomic E-state index is 11.6. The molecule has 1 saturated heterocycles. The van der Waals surface area contributed by atoms with Gasteiger partial charge in [-0.15, -0.1) is 0 Å². The first-order valence-corrected chi connectivity index (χ1v) is 6.16. The highest BCUT2D eigenvalue weighted by Gasteiger charge is 2.25. The standard InChI is InChI=1S/C11H18N6O2/c1-13-8(18)7-3-5-17(6-4-7)10-14-9(12)15-11(16-10)19-2/h7H,3-6H2,1-2H3,(H,13,18)(H2,12,14,15,16). The minimum Gasteiger partial charge on any atom is -0.467 e. The van der Waals surface area contributed by atoms with E-state index in [1.165, 1.54) is 7.11 Å². The molecule has 1 aromatic heterocycles. The molecule has 0 saturated carbocycles. The Morgan fingerprint density at radius 1 is 1.37 bits per heavy atom. The average molecular weight is 266 g/mol. The number of nitrogens with two attached hydrogens (primary N) is 1. The molecule has 1 aliphatic rings. The molecule has 104 valence electrons. The van der Waals surface area contributed by atoms with Crippen LogP contribution >= 0.6 is 0 Å². The van der Waals surface area contributed by atoms with E-state index >= 15 is 0 Å². The molecular weight excluding hydrogens is 248 g/mol. The van der Waals surface area contributed by atoms with Gasteiger partial charge in [0.05, 0.1) is 7.11 Å². The van der Waals surface area contributed by atoms with E-state index in [9.17, 15) is 4.79 Å². The Labute approximate surface area is 111 Å². The predicted octanol–water partition coefficient (Wildman–Crippen LogP) is -0.575. The molecule has 0 radical (unpaired) electrons. The molecule has 0 spiro atoms. The van der Waals surface area contributed by atoms with Gasteiger partial charge in [-0.05, 0) is 12.8 Å². The summed E-state index contributed by atoms with van der Waals surface area (Å²) in [5, 5.41) is 2.68. The number of methoxy groups -OCH3 is 1. The number of anilines is 2. The highest BCUT2D eigenvalue weighted by molar-refractivity contribution is 5.78. The van der Waals surface area contributed by atoms with Gasteiger partial charge >= 0.3 is 6.01 Å². The van der Waals surface area contributed by atoms with E-state index in [0.717, 1.165) is 12.8 Å². The summed E-state index contributed by atoms with van der Waals surface area (Å²) < 4.78 is 4.97. The topological polar surface area (TPSA) is 106 Å². The molecule has 0 bridgehead atoms. The summed E-state index contributed by atoms with van der Waals surface area (Å²) in [6, 6.07) is 0.205. The fourth-order valence-electron chi connectivity index (χ4n) is 2.14. The van der Waals surface area contributed by atoms with Crippen molar-refractivity contribution in [1.29, 1.82) is 0 Å². The normalized spacial score (nSPS) is 16.2. The van der Waals surface area contributed by atoms with Crippen molar-refractivity contribution < 1.29 is 9.53 Å². The molecule has 3 N–H and O–H groups in total. The number of piperidine rings is 1. The monoisotopic (exact) mass is 266 g/mol. The highest BCUT2D eigenvalue weighted by atomic mass is 16.5. The SMILES string of the molecule is CNC(=O)C1CCN(c2nc(N)nc(OC)n2)CC1. The summed E-state index contributed by atoms with van der Waals surface area (Å²) in [7, 11) is 3.14. The van der Waals surface area contributed by atoms with Crippen molar-refractivity contribution in [3.63, 3.8) is 0 Å². The Balaban J connectivity index is 2.05. The number of carbonyl (C=O) groups is 1. The number of hydrogen-bond donors (Lipinski definition) is 2. The first-order valence-electron chi connectivity index (χ1n) is 6.16. The van der Waals surface area contributed by atoms with E-state index in [0.29, 0.717) is 19.0 Å². The Bertz CT molecular complexity index is 458. The Kier molecular flexibility index (Phi) is 3.98. The summed E-state index contributed by atoms with van der Waals surface area (Å²) in [6.45, 7) is 1.43. The van der Waals surface area contributed by atoms with Gasteiger partial charge in [-0.2, -0.15) is 15.0 Å². The summed E-state index contributed by atoms with van der Waals surface area (Å²) in [4.78, 5) is 25.6. The van der Waals surface area contributed by atoms with Gasteiger partial charge in [-0.3, -0.25) is 4.79 Å². The fourth-order valence-corrected chi connectivity index (χ4v) is 2.14. The lowest BCUT2D eigenvalue weighted by Gasteiger charge is -2.31. The largest absolute Gasteiger partial charge is 0.467 e. The number of nitrogen functional groups attached to an aromatic ring is 1. The quantitative estimate of drug-likeness (QED) is 0.754. The molecule has 1 aliphatic heterocycles. The summed E-state index contributed by atoms with van der Waals surface area (Å²) in [5.74, 6) is 0.782. The third-order valence-corrected chi connectivity index (χ3v) is 3.20. The number of ether oxygens (including phenoxy) is 1. The van der Waals surface area contributed by atoms with Crippen LogP contribution in [0.4, 0.5) is 11.9 Å². The first kappa shape index (κ1) is 13.3. The molecule has 8 nitrogen and oxygen atoms in total. The second-order valence-corrected chi connectivity index (χ2v) is 4.36. The Hall–Kier alpha value is -2.12. The van der Waals surface area contributed by atoms with Crippen molar-refractivity contribution in [2.45, 2.75) is 12.8 Å². The van der Waals surface area contributed by atoms with Crippen LogP contribution in [0.25, 0.3) is 0 Å². The van der Waals surface area contributed by atoms with Gasteiger partial charge < -0.3 is 20.7 Å². The average Bonchev–Trinajstić information content (AvgIpc) is 2.46. The third-order valence-electron chi connectivity index (χ3n) is 3.20. The van der Waals surface area contributed by atoms with Gasteiger partial charge in [0.25, 0.3) is 0 Å². The zero-order valence-electron chi connectivity index (χ0n) is 11.1. The van der Waals surface area contributed by atoms with Crippen LogP contribution in [0.2, 0.25) is 0 Å². The van der Waals surface area contributed by atoms with Crippen molar-refractivity contribution in [2.75, 3.05) is 37.9 Å². The maximum Gasteiger partial charge on any atom is 0.322 e. The number of nitrogens with one attached hydrogen (secondary N) is 1. The van der Waals surface area contributed by atoms with E-state index in [-0.39, 0.29) is 23.8 Å². The maximum atomic E-state index is 11.6. The van der Waals surface area contributed by atoms with Crippen LogP contribution in [0.5, 0.6) is 6.01 Å². The molecule has 2 heterocycles. The van der Waals surface area contributed by atoms with Crippen LogP contribution < -0.4 is 20.7 Å². The van der Waals surface area contributed by atoms with Crippen molar-refractivity contribution in [2.24, 2.45) is 5.92 Å². The zero-order chi connectivity index (χ0) is 13.8. The lowest BCUT2D eigenvalue weighted by atomic mass is 9.96. The van der Waals surface area contributed by atoms with Gasteiger partial charge in [-0.25, -0.2) is 0 Å². The molecule has 2 rings (SSSR count). The number of rotatable bonds is 3. The van der Waals surface area contributed by atoms with E-state index in [2.05, 4.69) is 20.3 Å². The number of aromatic nitrogens is 3. The van der Waals surface area contributed by atoms with Gasteiger partial charge in [0.1, 0.15) is 0 Å². The van der Waals surface area contributed by atoms with Crippen LogP contribution in [0.15, 0.2) is 0 Å². The van der Waals surface area contributed by atoms with Crippen LogP contribution in [-0.2, 0) is 4.79 Å². The van der Waals surface area contributed by atoms with E-state index in [1.807, 2.05) is 4.90 Å². The molecule has 0 aliphatic carbocycles. The number of carbonyl (C=O) groups excluding carboxylic acids is 1. The van der Waals surface area contributed by atoms with E-state index in [4.69, 9.17) is 10.5 Å². The van der Waals surface area contributed by atoms with Crippen molar-refractivity contribution in [3.8, 4) is 6.01 Å². The van der Waals surface area contributed by atoms with Crippen molar-refractivity contribution in [1.82, 2.24) is 20.3 Å².